The number of amides is 3. The second-order valence-corrected chi connectivity index (χ2v) is 13.0. The average Bonchev–Trinajstić information content (AvgIpc) is 3.61. The number of aryl methyl sites for hydroxylation is 2. The van der Waals surface area contributed by atoms with Crippen molar-refractivity contribution in [2.24, 2.45) is 5.92 Å². The molecule has 242 valence electrons. The van der Waals surface area contributed by atoms with Crippen molar-refractivity contribution in [2.45, 2.75) is 51.2 Å². The number of hydrogen-bond acceptors (Lipinski definition) is 10. The molecule has 1 aromatic heterocycles. The minimum atomic E-state index is -4.04. The van der Waals surface area contributed by atoms with E-state index in [4.69, 9.17) is 18.7 Å². The van der Waals surface area contributed by atoms with Crippen LogP contribution in [0.4, 0.5) is 16.2 Å². The Morgan fingerprint density at radius 3 is 2.56 bits per heavy atom. The van der Waals surface area contributed by atoms with E-state index in [9.17, 15) is 23.1 Å². The topological polar surface area (TPSA) is 173 Å². The van der Waals surface area contributed by atoms with Crippen molar-refractivity contribution in [1.29, 1.82) is 0 Å². The summed E-state index contributed by atoms with van der Waals surface area (Å²) >= 11 is 0. The molecule has 3 atom stereocenters. The fourth-order valence-electron chi connectivity index (χ4n) is 5.32. The summed E-state index contributed by atoms with van der Waals surface area (Å²) in [6, 6.07) is 8.95. The molecule has 0 unspecified atom stereocenters. The Morgan fingerprint density at radius 2 is 1.84 bits per heavy atom. The summed E-state index contributed by atoms with van der Waals surface area (Å²) in [7, 11) is -2.40. The molecule has 3 amide bonds. The lowest BCUT2D eigenvalue weighted by Crippen LogP contribution is -2.48. The molecule has 2 aliphatic rings. The molecule has 3 aromatic rings. The van der Waals surface area contributed by atoms with Gasteiger partial charge >= 0.3 is 6.03 Å². The van der Waals surface area contributed by atoms with E-state index < -0.39 is 22.2 Å². The number of nitrogens with one attached hydrogen (secondary N) is 2. The molecule has 3 heterocycles. The Labute approximate surface area is 261 Å². The maximum Gasteiger partial charge on any atom is 0.321 e. The first kappa shape index (κ1) is 31.9. The molecule has 0 bridgehead atoms. The number of carbonyl (C=O) groups excluding carboxylic acids is 2. The van der Waals surface area contributed by atoms with Crippen LogP contribution in [-0.2, 0) is 21.2 Å². The number of nitrogens with zero attached hydrogens (tertiary/aromatic N) is 3. The first-order chi connectivity index (χ1) is 21.4. The molecule has 2 aliphatic heterocycles. The second kappa shape index (κ2) is 12.9. The average molecular weight is 644 g/mol. The van der Waals surface area contributed by atoms with Gasteiger partial charge in [-0.1, -0.05) is 12.1 Å². The van der Waals surface area contributed by atoms with Gasteiger partial charge in [0.25, 0.3) is 10.0 Å². The fraction of sp³-hybridized carbons (Fsp3) is 0.433. The van der Waals surface area contributed by atoms with Gasteiger partial charge < -0.3 is 39.0 Å². The highest BCUT2D eigenvalue weighted by Crippen LogP contribution is 2.35. The zero-order chi connectivity index (χ0) is 32.5. The van der Waals surface area contributed by atoms with Gasteiger partial charge in [-0.15, -0.1) is 0 Å². The van der Waals surface area contributed by atoms with Crippen molar-refractivity contribution in [3.8, 4) is 17.2 Å². The van der Waals surface area contributed by atoms with E-state index in [2.05, 4.69) is 15.2 Å². The van der Waals surface area contributed by atoms with Gasteiger partial charge in [0, 0.05) is 42.5 Å². The van der Waals surface area contributed by atoms with Crippen LogP contribution >= 0.6 is 0 Å². The third-order valence-electron chi connectivity index (χ3n) is 7.83. The molecule has 2 aromatic carbocycles. The van der Waals surface area contributed by atoms with E-state index in [0.29, 0.717) is 28.5 Å². The molecule has 0 spiro atoms. The predicted octanol–water partition coefficient (Wildman–Crippen LogP) is 3.13. The normalized spacial score (nSPS) is 18.6. The maximum absolute atomic E-state index is 13.5. The first-order valence-electron chi connectivity index (χ1n) is 14.4. The van der Waals surface area contributed by atoms with Crippen LogP contribution in [0.15, 0.2) is 45.8 Å². The van der Waals surface area contributed by atoms with E-state index in [-0.39, 0.29) is 72.8 Å². The molecule has 5 rings (SSSR count). The summed E-state index contributed by atoms with van der Waals surface area (Å²) in [6.07, 6.45) is -0.666. The molecule has 0 aliphatic carbocycles. The fourth-order valence-corrected chi connectivity index (χ4v) is 6.70. The molecular weight excluding hydrogens is 606 g/mol. The minimum absolute atomic E-state index is 0.0581. The number of rotatable bonds is 8. The Kier molecular flexibility index (Phi) is 9.11. The highest BCUT2D eigenvalue weighted by Gasteiger charge is 2.32. The van der Waals surface area contributed by atoms with Crippen LogP contribution in [0.25, 0.3) is 0 Å². The lowest BCUT2D eigenvalue weighted by molar-refractivity contribution is -0.134. The van der Waals surface area contributed by atoms with Crippen LogP contribution < -0.4 is 24.2 Å². The third kappa shape index (κ3) is 6.93. The number of anilines is 2. The van der Waals surface area contributed by atoms with E-state index in [1.807, 2.05) is 6.92 Å². The summed E-state index contributed by atoms with van der Waals surface area (Å²) in [5.74, 6) is 1.16. The summed E-state index contributed by atoms with van der Waals surface area (Å²) < 4.78 is 51.1. The van der Waals surface area contributed by atoms with Gasteiger partial charge in [0.05, 0.1) is 25.6 Å². The number of ether oxygens (including phenoxy) is 3. The first-order valence-corrected chi connectivity index (χ1v) is 15.9. The van der Waals surface area contributed by atoms with Gasteiger partial charge in [0.15, 0.2) is 22.2 Å². The molecule has 0 radical (unpaired) electrons. The van der Waals surface area contributed by atoms with Gasteiger partial charge in [0.1, 0.15) is 17.5 Å². The standard InChI is InChI=1S/C30H37N5O9S/c1-17-13-35(18(2)15-36)28(37)11-21-10-23(33-45(39,40)29-19(3)32-44-20(29)4)7-8-24(21)43-27(17)14-34(5)30(38)31-22-6-9-25-26(12-22)42-16-41-25/h6-10,12,17-18,27,33,36H,11,13-16H2,1-5H3,(H,31,38)/t17-,18-,27+/m0/s1. The Morgan fingerprint density at radius 1 is 1.13 bits per heavy atom. The number of benzene rings is 2. The van der Waals surface area contributed by atoms with Gasteiger partial charge in [-0.25, -0.2) is 13.2 Å². The van der Waals surface area contributed by atoms with E-state index in [1.54, 1.807) is 55.3 Å². The van der Waals surface area contributed by atoms with Crippen molar-refractivity contribution in [3.05, 3.63) is 53.4 Å². The number of aliphatic hydroxyl groups excluding tert-OH is 1. The maximum atomic E-state index is 13.5. The van der Waals surface area contributed by atoms with E-state index in [0.717, 1.165) is 0 Å². The quantitative estimate of drug-likeness (QED) is 0.331. The van der Waals surface area contributed by atoms with E-state index >= 15 is 0 Å². The summed E-state index contributed by atoms with van der Waals surface area (Å²) in [5.41, 5.74) is 1.42. The Balaban J connectivity index is 1.40. The molecule has 0 saturated carbocycles. The van der Waals surface area contributed by atoms with Gasteiger partial charge in [-0.2, -0.15) is 0 Å². The molecule has 0 fully saturated rings. The summed E-state index contributed by atoms with van der Waals surface area (Å²) in [4.78, 5) is 29.7. The lowest BCUT2D eigenvalue weighted by atomic mass is 10.0. The van der Waals surface area contributed by atoms with Crippen LogP contribution in [0.2, 0.25) is 0 Å². The van der Waals surface area contributed by atoms with Gasteiger partial charge in [-0.05, 0) is 51.1 Å². The van der Waals surface area contributed by atoms with E-state index in [1.165, 1.54) is 18.7 Å². The smallest absolute Gasteiger partial charge is 0.321 e. The van der Waals surface area contributed by atoms with Gasteiger partial charge in [0.2, 0.25) is 12.7 Å². The summed E-state index contributed by atoms with van der Waals surface area (Å²) in [6.45, 7) is 7.01. The monoisotopic (exact) mass is 643 g/mol. The highest BCUT2D eigenvalue weighted by atomic mass is 32.2. The van der Waals surface area contributed by atoms with Crippen molar-refractivity contribution >= 4 is 33.3 Å². The van der Waals surface area contributed by atoms with Crippen LogP contribution in [0.1, 0.15) is 30.9 Å². The number of likely N-dealkylation sites (N-methyl/N-ethyl adjacent to an activating group) is 1. The summed E-state index contributed by atoms with van der Waals surface area (Å²) in [5, 5.41) is 16.5. The second-order valence-electron chi connectivity index (χ2n) is 11.3. The van der Waals surface area contributed by atoms with Crippen LogP contribution in [-0.4, -0.2) is 86.1 Å². The number of hydrogen-bond donors (Lipinski definition) is 3. The lowest BCUT2D eigenvalue weighted by Gasteiger charge is -2.34. The Bertz CT molecular complexity index is 1670. The molecule has 3 N–H and O–H groups in total. The zero-order valence-corrected chi connectivity index (χ0v) is 26.5. The Hall–Kier alpha value is -4.50. The third-order valence-corrected chi connectivity index (χ3v) is 9.45. The van der Waals surface area contributed by atoms with Crippen LogP contribution in [0.3, 0.4) is 0 Å². The number of carbonyl (C=O) groups is 2. The van der Waals surface area contributed by atoms with Crippen LogP contribution in [0, 0.1) is 19.8 Å². The molecule has 15 heteroatoms. The number of sulfonamides is 1. The molecular formula is C30H37N5O9S. The zero-order valence-electron chi connectivity index (χ0n) is 25.7. The predicted molar refractivity (Wildman–Crippen MR) is 163 cm³/mol. The largest absolute Gasteiger partial charge is 0.488 e. The number of aliphatic hydroxyl groups is 1. The van der Waals surface area contributed by atoms with Gasteiger partial charge in [-0.3, -0.25) is 9.52 Å². The molecule has 14 nitrogen and oxygen atoms in total. The van der Waals surface area contributed by atoms with Crippen molar-refractivity contribution in [3.63, 3.8) is 0 Å². The molecule has 0 saturated heterocycles. The highest BCUT2D eigenvalue weighted by molar-refractivity contribution is 7.92. The minimum Gasteiger partial charge on any atom is -0.488 e. The van der Waals surface area contributed by atoms with Crippen molar-refractivity contribution < 1.29 is 41.8 Å². The van der Waals surface area contributed by atoms with Crippen LogP contribution in [0.5, 0.6) is 17.2 Å². The number of urea groups is 1. The molecule has 45 heavy (non-hydrogen) atoms. The number of fused-ring (bicyclic) bond motifs is 2. The van der Waals surface area contributed by atoms with Crippen molar-refractivity contribution in [1.82, 2.24) is 15.0 Å². The van der Waals surface area contributed by atoms with Crippen molar-refractivity contribution in [2.75, 3.05) is 43.6 Å². The SMILES string of the molecule is Cc1noc(C)c1S(=O)(=O)Nc1ccc2c(c1)CC(=O)N([C@@H](C)CO)C[C@H](C)[C@@H](CN(C)C(=O)Nc1ccc3c(c1)OCO3)O2. The number of aromatic nitrogens is 1.